The van der Waals surface area contributed by atoms with Crippen LogP contribution in [0, 0.1) is 0 Å². The molecule has 0 aliphatic carbocycles. The van der Waals surface area contributed by atoms with Crippen molar-refractivity contribution in [2.75, 3.05) is 0 Å². The highest BCUT2D eigenvalue weighted by atomic mass is 16.4. The SMILES string of the molecule is CCc1nn(C)c2ccc(CC(=O)O)cc12. The molecular weight excluding hydrogens is 204 g/mol. The first-order valence-corrected chi connectivity index (χ1v) is 5.28. The number of hydrogen-bond donors (Lipinski definition) is 1. The Labute approximate surface area is 93.5 Å². The minimum absolute atomic E-state index is 0.0635. The molecule has 0 saturated heterocycles. The number of nitrogens with zero attached hydrogens (tertiary/aromatic N) is 2. The average molecular weight is 218 g/mol. The minimum Gasteiger partial charge on any atom is -0.481 e. The molecule has 1 heterocycles. The summed E-state index contributed by atoms with van der Waals surface area (Å²) in [7, 11) is 1.90. The van der Waals surface area contributed by atoms with Crippen LogP contribution in [0.25, 0.3) is 10.9 Å². The molecule has 0 saturated carbocycles. The van der Waals surface area contributed by atoms with E-state index in [4.69, 9.17) is 5.11 Å². The van der Waals surface area contributed by atoms with Crippen LogP contribution in [0.1, 0.15) is 18.2 Å². The largest absolute Gasteiger partial charge is 0.481 e. The summed E-state index contributed by atoms with van der Waals surface area (Å²) < 4.78 is 1.83. The highest BCUT2D eigenvalue weighted by molar-refractivity contribution is 5.84. The molecule has 4 heteroatoms. The topological polar surface area (TPSA) is 55.1 Å². The number of aryl methyl sites for hydroxylation is 2. The monoisotopic (exact) mass is 218 g/mol. The summed E-state index contributed by atoms with van der Waals surface area (Å²) in [5.74, 6) is -0.804. The highest BCUT2D eigenvalue weighted by Gasteiger charge is 2.08. The van der Waals surface area contributed by atoms with Gasteiger partial charge >= 0.3 is 5.97 Å². The third kappa shape index (κ3) is 1.78. The molecule has 4 nitrogen and oxygen atoms in total. The second kappa shape index (κ2) is 3.96. The summed E-state index contributed by atoms with van der Waals surface area (Å²) >= 11 is 0. The molecule has 2 aromatic rings. The van der Waals surface area contributed by atoms with E-state index in [1.54, 1.807) is 0 Å². The number of carboxylic acids is 1. The lowest BCUT2D eigenvalue weighted by molar-refractivity contribution is -0.136. The molecule has 0 amide bonds. The fourth-order valence-corrected chi connectivity index (χ4v) is 1.93. The van der Waals surface area contributed by atoms with Gasteiger partial charge in [-0.1, -0.05) is 13.0 Å². The highest BCUT2D eigenvalue weighted by Crippen LogP contribution is 2.20. The Kier molecular flexibility index (Phi) is 2.64. The van der Waals surface area contributed by atoms with Crippen molar-refractivity contribution in [1.82, 2.24) is 9.78 Å². The van der Waals surface area contributed by atoms with Crippen LogP contribution in [0.3, 0.4) is 0 Å². The average Bonchev–Trinajstić information content (AvgIpc) is 2.54. The van der Waals surface area contributed by atoms with Crippen molar-refractivity contribution in [2.24, 2.45) is 7.05 Å². The van der Waals surface area contributed by atoms with Gasteiger partial charge in [0, 0.05) is 12.4 Å². The zero-order valence-corrected chi connectivity index (χ0v) is 9.40. The first kappa shape index (κ1) is 10.7. The third-order valence-electron chi connectivity index (χ3n) is 2.68. The Hall–Kier alpha value is -1.84. The number of aromatic nitrogens is 2. The summed E-state index contributed by atoms with van der Waals surface area (Å²) in [5.41, 5.74) is 2.89. The van der Waals surface area contributed by atoms with E-state index in [2.05, 4.69) is 5.10 Å². The fourth-order valence-electron chi connectivity index (χ4n) is 1.93. The van der Waals surface area contributed by atoms with Crippen molar-refractivity contribution >= 4 is 16.9 Å². The molecule has 1 aromatic carbocycles. The van der Waals surface area contributed by atoms with Gasteiger partial charge in [0.05, 0.1) is 17.6 Å². The van der Waals surface area contributed by atoms with Crippen molar-refractivity contribution < 1.29 is 9.90 Å². The van der Waals surface area contributed by atoms with Gasteiger partial charge in [0.2, 0.25) is 0 Å². The van der Waals surface area contributed by atoms with Crippen LogP contribution in [-0.2, 0) is 24.7 Å². The van der Waals surface area contributed by atoms with Gasteiger partial charge in [0.1, 0.15) is 0 Å². The number of fused-ring (bicyclic) bond motifs is 1. The van der Waals surface area contributed by atoms with Crippen LogP contribution < -0.4 is 0 Å². The van der Waals surface area contributed by atoms with Crippen LogP contribution in [-0.4, -0.2) is 20.9 Å². The molecule has 0 bridgehead atoms. The molecule has 84 valence electrons. The zero-order chi connectivity index (χ0) is 11.7. The molecule has 1 aromatic heterocycles. The summed E-state index contributed by atoms with van der Waals surface area (Å²) in [5, 5.41) is 14.2. The van der Waals surface area contributed by atoms with Crippen LogP contribution >= 0.6 is 0 Å². The maximum atomic E-state index is 10.6. The Bertz CT molecular complexity index is 543. The van der Waals surface area contributed by atoms with Gasteiger partial charge in [-0.2, -0.15) is 5.10 Å². The Morgan fingerprint density at radius 2 is 2.25 bits per heavy atom. The maximum absolute atomic E-state index is 10.6. The molecule has 0 aliphatic rings. The van der Waals surface area contributed by atoms with Crippen LogP contribution in [0.2, 0.25) is 0 Å². The molecular formula is C12H14N2O2. The first-order chi connectivity index (χ1) is 7.61. The number of carboxylic acid groups (broad SMARTS) is 1. The predicted octanol–water partition coefficient (Wildman–Crippen LogP) is 1.76. The molecule has 0 atom stereocenters. The van der Waals surface area contributed by atoms with Gasteiger partial charge in [-0.15, -0.1) is 0 Å². The summed E-state index contributed by atoms with van der Waals surface area (Å²) in [6.45, 7) is 2.05. The van der Waals surface area contributed by atoms with Crippen molar-refractivity contribution in [1.29, 1.82) is 0 Å². The quantitative estimate of drug-likeness (QED) is 0.854. The van der Waals surface area contributed by atoms with E-state index in [0.29, 0.717) is 0 Å². The van der Waals surface area contributed by atoms with E-state index in [9.17, 15) is 4.79 Å². The van der Waals surface area contributed by atoms with Gasteiger partial charge in [0.25, 0.3) is 0 Å². The Balaban J connectivity index is 2.55. The fraction of sp³-hybridized carbons (Fsp3) is 0.333. The lowest BCUT2D eigenvalue weighted by Gasteiger charge is -1.99. The normalized spacial score (nSPS) is 10.9. The van der Waals surface area contributed by atoms with Gasteiger partial charge in [-0.25, -0.2) is 0 Å². The second-order valence-electron chi connectivity index (χ2n) is 3.85. The first-order valence-electron chi connectivity index (χ1n) is 5.28. The molecule has 0 spiro atoms. The number of aliphatic carboxylic acids is 1. The van der Waals surface area contributed by atoms with E-state index in [-0.39, 0.29) is 6.42 Å². The molecule has 0 aliphatic heterocycles. The minimum atomic E-state index is -0.804. The lowest BCUT2D eigenvalue weighted by atomic mass is 10.1. The van der Waals surface area contributed by atoms with Crippen LogP contribution in [0.4, 0.5) is 0 Å². The lowest BCUT2D eigenvalue weighted by Crippen LogP contribution is -1.99. The number of rotatable bonds is 3. The smallest absolute Gasteiger partial charge is 0.307 e. The molecule has 0 fully saturated rings. The van der Waals surface area contributed by atoms with Crippen molar-refractivity contribution in [3.8, 4) is 0 Å². The van der Waals surface area contributed by atoms with E-state index in [0.717, 1.165) is 28.6 Å². The summed E-state index contributed by atoms with van der Waals surface area (Å²) in [4.78, 5) is 10.6. The predicted molar refractivity (Wildman–Crippen MR) is 61.4 cm³/mol. The summed E-state index contributed by atoms with van der Waals surface area (Å²) in [6.07, 6.45) is 0.919. The number of carbonyl (C=O) groups is 1. The van der Waals surface area contributed by atoms with Crippen LogP contribution in [0.15, 0.2) is 18.2 Å². The Morgan fingerprint density at radius 1 is 1.50 bits per heavy atom. The molecule has 0 unspecified atom stereocenters. The molecule has 0 radical (unpaired) electrons. The summed E-state index contributed by atoms with van der Waals surface area (Å²) in [6, 6.07) is 5.70. The second-order valence-corrected chi connectivity index (χ2v) is 3.85. The van der Waals surface area contributed by atoms with E-state index in [1.165, 1.54) is 0 Å². The van der Waals surface area contributed by atoms with Gasteiger partial charge in [-0.05, 0) is 24.1 Å². The standard InChI is InChI=1S/C12H14N2O2/c1-3-10-9-6-8(7-12(15)16)4-5-11(9)14(2)13-10/h4-6H,3,7H2,1-2H3,(H,15,16). The van der Waals surface area contributed by atoms with Gasteiger partial charge in [0.15, 0.2) is 0 Å². The van der Waals surface area contributed by atoms with Gasteiger partial charge in [-0.3, -0.25) is 9.48 Å². The van der Waals surface area contributed by atoms with Crippen LogP contribution in [0.5, 0.6) is 0 Å². The molecule has 16 heavy (non-hydrogen) atoms. The van der Waals surface area contributed by atoms with Crippen molar-refractivity contribution in [3.63, 3.8) is 0 Å². The van der Waals surface area contributed by atoms with E-state index in [1.807, 2.05) is 36.9 Å². The maximum Gasteiger partial charge on any atom is 0.307 e. The van der Waals surface area contributed by atoms with Crippen molar-refractivity contribution in [3.05, 3.63) is 29.5 Å². The number of benzene rings is 1. The van der Waals surface area contributed by atoms with Crippen molar-refractivity contribution in [2.45, 2.75) is 19.8 Å². The van der Waals surface area contributed by atoms with Gasteiger partial charge < -0.3 is 5.11 Å². The Morgan fingerprint density at radius 3 is 2.88 bits per heavy atom. The number of hydrogen-bond acceptors (Lipinski definition) is 2. The third-order valence-corrected chi connectivity index (χ3v) is 2.68. The molecule has 2 rings (SSSR count). The molecule has 1 N–H and O–H groups in total. The zero-order valence-electron chi connectivity index (χ0n) is 9.40. The van der Waals surface area contributed by atoms with E-state index >= 15 is 0 Å². The van der Waals surface area contributed by atoms with E-state index < -0.39 is 5.97 Å².